The summed E-state index contributed by atoms with van der Waals surface area (Å²) in [5.41, 5.74) is 5.49. The Hall–Kier alpha value is -0.570. The molecule has 0 radical (unpaired) electrons. The van der Waals surface area contributed by atoms with Crippen LogP contribution in [0.4, 0.5) is 0 Å². The van der Waals surface area contributed by atoms with Crippen LogP contribution in [-0.4, -0.2) is 18.1 Å². The summed E-state index contributed by atoms with van der Waals surface area (Å²) in [7, 11) is 0. The average molecular weight is 173 g/mol. The van der Waals surface area contributed by atoms with Crippen molar-refractivity contribution in [3.63, 3.8) is 0 Å². The molecule has 2 atom stereocenters. The van der Waals surface area contributed by atoms with Gasteiger partial charge in [-0.2, -0.15) is 0 Å². The van der Waals surface area contributed by atoms with Crippen LogP contribution in [0.25, 0.3) is 0 Å². The van der Waals surface area contributed by atoms with E-state index in [1.54, 1.807) is 0 Å². The predicted octanol–water partition coefficient (Wildman–Crippen LogP) is 1.31. The number of carbonyl (C=O) groups is 1. The van der Waals surface area contributed by atoms with Crippen molar-refractivity contribution in [3.8, 4) is 0 Å². The summed E-state index contributed by atoms with van der Waals surface area (Å²) >= 11 is 0. The monoisotopic (exact) mass is 173 g/mol. The number of hydrogen-bond donors (Lipinski definition) is 1. The Balaban J connectivity index is 3.84. The van der Waals surface area contributed by atoms with E-state index < -0.39 is 6.04 Å². The summed E-state index contributed by atoms with van der Waals surface area (Å²) in [5, 5.41) is 0. The lowest BCUT2D eigenvalue weighted by Crippen LogP contribution is -2.34. The maximum atomic E-state index is 11.1. The summed E-state index contributed by atoms with van der Waals surface area (Å²) in [6.45, 7) is 7.77. The molecular weight excluding hydrogens is 154 g/mol. The van der Waals surface area contributed by atoms with E-state index in [0.717, 1.165) is 0 Å². The molecule has 0 aliphatic rings. The third-order valence-electron chi connectivity index (χ3n) is 1.98. The Kier molecular flexibility index (Phi) is 4.90. The lowest BCUT2D eigenvalue weighted by molar-refractivity contribution is -0.151. The summed E-state index contributed by atoms with van der Waals surface area (Å²) in [4.78, 5) is 11.1. The number of carbonyl (C=O) groups excluding carboxylic acids is 1. The molecule has 0 amide bonds. The molecule has 0 spiro atoms. The predicted molar refractivity (Wildman–Crippen MR) is 48.7 cm³/mol. The standard InChI is InChI=1S/C9H19NO2/c1-5-8(10)9(11)12-7(4)6(2)3/h6-8H,5,10H2,1-4H3/t7-,8-/m0/s1. The molecule has 0 rings (SSSR count). The third kappa shape index (κ3) is 3.72. The van der Waals surface area contributed by atoms with Crippen molar-refractivity contribution < 1.29 is 9.53 Å². The minimum Gasteiger partial charge on any atom is -0.461 e. The smallest absolute Gasteiger partial charge is 0.323 e. The first-order valence-electron chi connectivity index (χ1n) is 4.45. The van der Waals surface area contributed by atoms with E-state index >= 15 is 0 Å². The van der Waals surface area contributed by atoms with Crippen LogP contribution in [0, 0.1) is 5.92 Å². The molecule has 3 heteroatoms. The highest BCUT2D eigenvalue weighted by Crippen LogP contribution is 2.06. The van der Waals surface area contributed by atoms with Crippen LogP contribution < -0.4 is 5.73 Å². The Labute approximate surface area is 74.3 Å². The lowest BCUT2D eigenvalue weighted by Gasteiger charge is -2.18. The summed E-state index contributed by atoms with van der Waals surface area (Å²) in [5.74, 6) is 0.0525. The Bertz CT molecular complexity index is 145. The zero-order chi connectivity index (χ0) is 9.72. The van der Waals surface area contributed by atoms with Crippen LogP contribution in [0.1, 0.15) is 34.1 Å². The fraction of sp³-hybridized carbons (Fsp3) is 0.889. The fourth-order valence-corrected chi connectivity index (χ4v) is 0.573. The van der Waals surface area contributed by atoms with Gasteiger partial charge in [0.25, 0.3) is 0 Å². The van der Waals surface area contributed by atoms with Crippen LogP contribution in [0.5, 0.6) is 0 Å². The molecule has 0 aromatic rings. The first-order chi connectivity index (χ1) is 5.49. The van der Waals surface area contributed by atoms with Gasteiger partial charge >= 0.3 is 5.97 Å². The molecular formula is C9H19NO2. The summed E-state index contributed by atoms with van der Waals surface area (Å²) in [6.07, 6.45) is 0.582. The minimum atomic E-state index is -0.466. The SMILES string of the molecule is CC[C@H](N)C(=O)O[C@@H](C)C(C)C. The number of ether oxygens (including phenoxy) is 1. The second-order valence-corrected chi connectivity index (χ2v) is 3.40. The van der Waals surface area contributed by atoms with Gasteiger partial charge in [-0.25, -0.2) is 0 Å². The second kappa shape index (κ2) is 5.14. The van der Waals surface area contributed by atoms with Gasteiger partial charge in [0.1, 0.15) is 12.1 Å². The van der Waals surface area contributed by atoms with Gasteiger partial charge in [-0.3, -0.25) is 4.79 Å². The fourth-order valence-electron chi connectivity index (χ4n) is 0.573. The maximum Gasteiger partial charge on any atom is 0.323 e. The molecule has 3 nitrogen and oxygen atoms in total. The molecule has 2 N–H and O–H groups in total. The van der Waals surface area contributed by atoms with E-state index in [-0.39, 0.29) is 12.1 Å². The van der Waals surface area contributed by atoms with Crippen LogP contribution in [0.3, 0.4) is 0 Å². The molecule has 0 bridgehead atoms. The molecule has 0 unspecified atom stereocenters. The Morgan fingerprint density at radius 2 is 1.92 bits per heavy atom. The van der Waals surface area contributed by atoms with Crippen LogP contribution in [-0.2, 0) is 9.53 Å². The van der Waals surface area contributed by atoms with Crippen LogP contribution in [0.2, 0.25) is 0 Å². The highest BCUT2D eigenvalue weighted by molar-refractivity contribution is 5.75. The third-order valence-corrected chi connectivity index (χ3v) is 1.98. The molecule has 0 fully saturated rings. The lowest BCUT2D eigenvalue weighted by atomic mass is 10.1. The van der Waals surface area contributed by atoms with Crippen molar-refractivity contribution in [2.24, 2.45) is 11.7 Å². The van der Waals surface area contributed by atoms with Crippen molar-refractivity contribution in [1.29, 1.82) is 0 Å². The quantitative estimate of drug-likeness (QED) is 0.652. The largest absolute Gasteiger partial charge is 0.461 e. The first kappa shape index (κ1) is 11.4. The van der Waals surface area contributed by atoms with Crippen molar-refractivity contribution in [2.45, 2.75) is 46.3 Å². The number of nitrogens with two attached hydrogens (primary N) is 1. The normalized spacial score (nSPS) is 15.8. The van der Waals surface area contributed by atoms with Gasteiger partial charge in [0.15, 0.2) is 0 Å². The van der Waals surface area contributed by atoms with Crippen molar-refractivity contribution in [3.05, 3.63) is 0 Å². The number of esters is 1. The zero-order valence-electron chi connectivity index (χ0n) is 8.33. The van der Waals surface area contributed by atoms with E-state index in [2.05, 4.69) is 0 Å². The zero-order valence-corrected chi connectivity index (χ0v) is 8.33. The van der Waals surface area contributed by atoms with Gasteiger partial charge in [-0.15, -0.1) is 0 Å². The second-order valence-electron chi connectivity index (χ2n) is 3.40. The molecule has 72 valence electrons. The molecule has 0 aromatic carbocycles. The van der Waals surface area contributed by atoms with E-state index in [9.17, 15) is 4.79 Å². The van der Waals surface area contributed by atoms with E-state index in [1.165, 1.54) is 0 Å². The van der Waals surface area contributed by atoms with Gasteiger partial charge in [0.05, 0.1) is 0 Å². The number of rotatable bonds is 4. The molecule has 0 aromatic heterocycles. The van der Waals surface area contributed by atoms with Crippen molar-refractivity contribution in [1.82, 2.24) is 0 Å². The van der Waals surface area contributed by atoms with Gasteiger partial charge in [-0.1, -0.05) is 20.8 Å². The van der Waals surface area contributed by atoms with Gasteiger partial charge < -0.3 is 10.5 Å². The van der Waals surface area contributed by atoms with E-state index in [4.69, 9.17) is 10.5 Å². The van der Waals surface area contributed by atoms with Gasteiger partial charge in [0, 0.05) is 0 Å². The Morgan fingerprint density at radius 3 is 2.25 bits per heavy atom. The molecule has 0 saturated carbocycles. The maximum absolute atomic E-state index is 11.1. The molecule has 0 aliphatic carbocycles. The van der Waals surface area contributed by atoms with Crippen molar-refractivity contribution >= 4 is 5.97 Å². The van der Waals surface area contributed by atoms with E-state index in [0.29, 0.717) is 12.3 Å². The first-order valence-corrected chi connectivity index (χ1v) is 4.45. The molecule has 0 aliphatic heterocycles. The average Bonchev–Trinajstić information content (AvgIpc) is 2.02. The highest BCUT2D eigenvalue weighted by Gasteiger charge is 2.17. The molecule has 12 heavy (non-hydrogen) atoms. The molecule has 0 saturated heterocycles. The van der Waals surface area contributed by atoms with Crippen LogP contribution in [0.15, 0.2) is 0 Å². The van der Waals surface area contributed by atoms with Crippen LogP contribution >= 0.6 is 0 Å². The molecule has 0 heterocycles. The number of hydrogen-bond acceptors (Lipinski definition) is 3. The highest BCUT2D eigenvalue weighted by atomic mass is 16.5. The Morgan fingerprint density at radius 1 is 1.42 bits per heavy atom. The van der Waals surface area contributed by atoms with E-state index in [1.807, 2.05) is 27.7 Å². The minimum absolute atomic E-state index is 0.0462. The van der Waals surface area contributed by atoms with Gasteiger partial charge in [0.2, 0.25) is 0 Å². The summed E-state index contributed by atoms with van der Waals surface area (Å²) in [6, 6.07) is -0.466. The summed E-state index contributed by atoms with van der Waals surface area (Å²) < 4.78 is 5.10. The van der Waals surface area contributed by atoms with Gasteiger partial charge in [-0.05, 0) is 19.3 Å². The topological polar surface area (TPSA) is 52.3 Å². The van der Waals surface area contributed by atoms with Crippen molar-refractivity contribution in [2.75, 3.05) is 0 Å².